The first kappa shape index (κ1) is 21.5. The van der Waals surface area contributed by atoms with E-state index in [2.05, 4.69) is 37.4 Å². The predicted molar refractivity (Wildman–Crippen MR) is 127 cm³/mol. The van der Waals surface area contributed by atoms with Crippen LogP contribution in [0.15, 0.2) is 72.8 Å². The maximum absolute atomic E-state index is 12.9. The van der Waals surface area contributed by atoms with Gasteiger partial charge in [0.2, 0.25) is 0 Å². The first-order chi connectivity index (χ1) is 15.3. The first-order valence-corrected chi connectivity index (χ1v) is 10.6. The highest BCUT2D eigenvalue weighted by Gasteiger charge is 2.29. The van der Waals surface area contributed by atoms with Gasteiger partial charge in [-0.25, -0.2) is 4.79 Å². The van der Waals surface area contributed by atoms with Crippen LogP contribution in [0.5, 0.6) is 0 Å². The molecule has 4 rings (SSSR count). The molecule has 1 aliphatic carbocycles. The summed E-state index contributed by atoms with van der Waals surface area (Å²) < 4.78 is 0. The number of carboxylic acid groups (broad SMARTS) is 1. The second-order valence-corrected chi connectivity index (χ2v) is 8.70. The number of aromatic carboxylic acids is 1. The minimum absolute atomic E-state index is 0.0301. The van der Waals surface area contributed by atoms with Crippen molar-refractivity contribution in [2.45, 2.75) is 32.2 Å². The number of anilines is 1. The molecule has 0 heterocycles. The molecule has 0 spiro atoms. The fourth-order valence-electron chi connectivity index (χ4n) is 4.07. The van der Waals surface area contributed by atoms with Crippen LogP contribution in [-0.4, -0.2) is 17.0 Å². The van der Waals surface area contributed by atoms with Crippen LogP contribution in [0.25, 0.3) is 5.57 Å². The maximum atomic E-state index is 12.9. The topological polar surface area (TPSA) is 92.4 Å². The van der Waals surface area contributed by atoms with Gasteiger partial charge < -0.3 is 16.2 Å². The van der Waals surface area contributed by atoms with Gasteiger partial charge in [-0.3, -0.25) is 4.79 Å². The van der Waals surface area contributed by atoms with Crippen LogP contribution >= 0.6 is 0 Å². The van der Waals surface area contributed by atoms with Crippen LogP contribution in [0.2, 0.25) is 0 Å². The molecule has 1 aliphatic rings. The fraction of sp³-hybridized carbons (Fsp3) is 0.185. The average Bonchev–Trinajstić information content (AvgIpc) is 2.79. The Hall–Kier alpha value is -3.70. The Morgan fingerprint density at radius 2 is 1.62 bits per heavy atom. The van der Waals surface area contributed by atoms with Crippen molar-refractivity contribution in [1.29, 1.82) is 0 Å². The lowest BCUT2D eigenvalue weighted by Gasteiger charge is -2.32. The van der Waals surface area contributed by atoms with Crippen molar-refractivity contribution < 1.29 is 14.7 Å². The molecule has 0 atom stereocenters. The van der Waals surface area contributed by atoms with E-state index in [1.54, 1.807) is 12.1 Å². The fourth-order valence-corrected chi connectivity index (χ4v) is 4.07. The van der Waals surface area contributed by atoms with Gasteiger partial charge in [0.1, 0.15) is 0 Å². The summed E-state index contributed by atoms with van der Waals surface area (Å²) in [6.45, 7) is 4.92. The number of amides is 1. The van der Waals surface area contributed by atoms with E-state index in [-0.39, 0.29) is 16.9 Å². The molecule has 5 nitrogen and oxygen atoms in total. The van der Waals surface area contributed by atoms with Gasteiger partial charge in [-0.05, 0) is 76.1 Å². The van der Waals surface area contributed by atoms with Crippen LogP contribution in [0.3, 0.4) is 0 Å². The Balaban J connectivity index is 1.67. The Labute approximate surface area is 187 Å². The van der Waals surface area contributed by atoms with Gasteiger partial charge in [0.05, 0.1) is 5.56 Å². The standard InChI is InChI=1S/C27H26N2O3/c1-27(2)14-13-22(18-5-3-17(16-28)4-6-18)23-15-20(9-12-24(23)27)25(30)29-21-10-7-19(8-11-21)26(31)32/h3-13,15H,14,16,28H2,1-2H3,(H,29,30)(H,31,32). The highest BCUT2D eigenvalue weighted by atomic mass is 16.4. The minimum atomic E-state index is -1.00. The summed E-state index contributed by atoms with van der Waals surface area (Å²) in [7, 11) is 0. The van der Waals surface area contributed by atoms with Crippen molar-refractivity contribution in [2.24, 2.45) is 5.73 Å². The van der Waals surface area contributed by atoms with Crippen molar-refractivity contribution in [1.82, 2.24) is 0 Å². The Morgan fingerprint density at radius 3 is 2.25 bits per heavy atom. The van der Waals surface area contributed by atoms with Crippen molar-refractivity contribution in [3.05, 3.63) is 106 Å². The number of hydrogen-bond acceptors (Lipinski definition) is 3. The Morgan fingerprint density at radius 1 is 0.969 bits per heavy atom. The lowest BCUT2D eigenvalue weighted by molar-refractivity contribution is 0.0696. The Kier molecular flexibility index (Phi) is 5.68. The normalized spacial score (nSPS) is 14.3. The lowest BCUT2D eigenvalue weighted by atomic mass is 9.72. The van der Waals surface area contributed by atoms with E-state index in [4.69, 9.17) is 10.8 Å². The number of allylic oxidation sites excluding steroid dienone is 1. The number of nitrogens with two attached hydrogens (primary N) is 1. The SMILES string of the molecule is CC1(C)CC=C(c2ccc(CN)cc2)c2cc(C(=O)Nc3ccc(C(=O)O)cc3)ccc21. The molecule has 0 aromatic heterocycles. The number of hydrogen-bond donors (Lipinski definition) is 3. The lowest BCUT2D eigenvalue weighted by Crippen LogP contribution is -2.23. The van der Waals surface area contributed by atoms with Crippen molar-refractivity contribution >= 4 is 23.1 Å². The van der Waals surface area contributed by atoms with Gasteiger partial charge in [0, 0.05) is 17.8 Å². The van der Waals surface area contributed by atoms with Crippen LogP contribution < -0.4 is 11.1 Å². The highest BCUT2D eigenvalue weighted by molar-refractivity contribution is 6.05. The second kappa shape index (κ2) is 8.44. The number of carbonyl (C=O) groups excluding carboxylic acids is 1. The summed E-state index contributed by atoms with van der Waals surface area (Å²) >= 11 is 0. The van der Waals surface area contributed by atoms with E-state index in [0.29, 0.717) is 17.8 Å². The first-order valence-electron chi connectivity index (χ1n) is 10.6. The van der Waals surface area contributed by atoms with Crippen molar-refractivity contribution in [3.63, 3.8) is 0 Å². The molecule has 0 saturated heterocycles. The summed E-state index contributed by atoms with van der Waals surface area (Å²) in [4.78, 5) is 24.0. The van der Waals surface area contributed by atoms with Crippen LogP contribution in [0, 0.1) is 0 Å². The van der Waals surface area contributed by atoms with E-state index in [9.17, 15) is 9.59 Å². The van der Waals surface area contributed by atoms with Crippen LogP contribution in [0.4, 0.5) is 5.69 Å². The monoisotopic (exact) mass is 426 g/mol. The summed E-state index contributed by atoms with van der Waals surface area (Å²) in [6, 6.07) is 20.2. The second-order valence-electron chi connectivity index (χ2n) is 8.70. The van der Waals surface area contributed by atoms with E-state index in [1.165, 1.54) is 17.7 Å². The van der Waals surface area contributed by atoms with Crippen molar-refractivity contribution in [3.8, 4) is 0 Å². The molecule has 4 N–H and O–H groups in total. The third-order valence-corrected chi connectivity index (χ3v) is 6.01. The summed E-state index contributed by atoms with van der Waals surface area (Å²) in [5.74, 6) is -1.24. The van der Waals surface area contributed by atoms with Crippen molar-refractivity contribution in [2.75, 3.05) is 5.32 Å². The highest BCUT2D eigenvalue weighted by Crippen LogP contribution is 2.41. The van der Waals surface area contributed by atoms with Gasteiger partial charge in [-0.1, -0.05) is 50.3 Å². The molecule has 5 heteroatoms. The molecule has 0 radical (unpaired) electrons. The van der Waals surface area contributed by atoms with Gasteiger partial charge in [-0.2, -0.15) is 0 Å². The average molecular weight is 427 g/mol. The molecule has 0 aliphatic heterocycles. The van der Waals surface area contributed by atoms with Gasteiger partial charge in [0.25, 0.3) is 5.91 Å². The largest absolute Gasteiger partial charge is 0.478 e. The molecule has 0 saturated carbocycles. The molecule has 0 unspecified atom stereocenters. The molecule has 1 amide bonds. The molecule has 0 bridgehead atoms. The zero-order chi connectivity index (χ0) is 22.9. The van der Waals surface area contributed by atoms with Gasteiger partial charge >= 0.3 is 5.97 Å². The van der Waals surface area contributed by atoms with E-state index >= 15 is 0 Å². The third-order valence-electron chi connectivity index (χ3n) is 6.01. The summed E-state index contributed by atoms with van der Waals surface area (Å²) in [6.07, 6.45) is 3.15. The minimum Gasteiger partial charge on any atom is -0.478 e. The number of nitrogens with one attached hydrogen (secondary N) is 1. The third kappa shape index (κ3) is 4.20. The number of carboxylic acids is 1. The van der Waals surface area contributed by atoms with E-state index in [0.717, 1.165) is 28.7 Å². The summed E-state index contributed by atoms with van der Waals surface area (Å²) in [5, 5.41) is 11.9. The quantitative estimate of drug-likeness (QED) is 0.522. The predicted octanol–water partition coefficient (Wildman–Crippen LogP) is 5.21. The van der Waals surface area contributed by atoms with Crippen LogP contribution in [0.1, 0.15) is 63.2 Å². The molecule has 0 fully saturated rings. The summed E-state index contributed by atoms with van der Waals surface area (Å²) in [5.41, 5.74) is 12.5. The van der Waals surface area contributed by atoms with Crippen LogP contribution in [-0.2, 0) is 12.0 Å². The van der Waals surface area contributed by atoms with E-state index in [1.807, 2.05) is 30.3 Å². The number of carbonyl (C=O) groups is 2. The molecular formula is C27H26N2O3. The zero-order valence-electron chi connectivity index (χ0n) is 18.2. The van der Waals surface area contributed by atoms with E-state index < -0.39 is 5.97 Å². The molecule has 3 aromatic rings. The Bertz CT molecular complexity index is 1210. The molecule has 3 aromatic carbocycles. The van der Waals surface area contributed by atoms with Gasteiger partial charge in [-0.15, -0.1) is 0 Å². The smallest absolute Gasteiger partial charge is 0.335 e. The maximum Gasteiger partial charge on any atom is 0.335 e. The number of rotatable bonds is 5. The van der Waals surface area contributed by atoms with Gasteiger partial charge in [0.15, 0.2) is 0 Å². The molecule has 162 valence electrons. The zero-order valence-corrected chi connectivity index (χ0v) is 18.2. The molecular weight excluding hydrogens is 400 g/mol. The number of benzene rings is 3. The molecule has 32 heavy (non-hydrogen) atoms. The number of fused-ring (bicyclic) bond motifs is 1.